The van der Waals surface area contributed by atoms with Crippen LogP contribution in [0.25, 0.3) is 22.9 Å². The van der Waals surface area contributed by atoms with Gasteiger partial charge in [-0.1, -0.05) is 41.9 Å². The molecule has 1 amide bonds. The van der Waals surface area contributed by atoms with E-state index in [9.17, 15) is 4.79 Å². The number of halogens is 1. The van der Waals surface area contributed by atoms with Crippen molar-refractivity contribution in [1.29, 1.82) is 0 Å². The summed E-state index contributed by atoms with van der Waals surface area (Å²) >= 11 is 6.17. The number of fused-ring (bicyclic) bond motifs is 1. The quantitative estimate of drug-likeness (QED) is 0.472. The Hall–Kier alpha value is -3.70. The molecule has 30 heavy (non-hydrogen) atoms. The van der Waals surface area contributed by atoms with Gasteiger partial charge in [0.1, 0.15) is 5.69 Å². The van der Waals surface area contributed by atoms with E-state index in [2.05, 4.69) is 22.4 Å². The zero-order chi connectivity index (χ0) is 20.5. The Morgan fingerprint density at radius 1 is 1.07 bits per heavy atom. The van der Waals surface area contributed by atoms with Gasteiger partial charge in [0.2, 0.25) is 0 Å². The average molecular weight is 413 g/mol. The van der Waals surface area contributed by atoms with Gasteiger partial charge in [-0.05, 0) is 42.0 Å². The lowest BCUT2D eigenvalue weighted by Gasteiger charge is -2.01. The second kappa shape index (κ2) is 7.61. The minimum atomic E-state index is -0.153. The summed E-state index contributed by atoms with van der Waals surface area (Å²) in [5, 5.41) is 8.27. The molecule has 0 radical (unpaired) electrons. The Labute approximate surface area is 178 Å². The fourth-order valence-electron chi connectivity index (χ4n) is 3.58. The first-order chi connectivity index (χ1) is 14.7. The highest BCUT2D eigenvalue weighted by Gasteiger charge is 2.25. The first-order valence-corrected chi connectivity index (χ1v) is 9.90. The number of carbonyl (C=O) groups excluding carboxylic acids is 1. The molecule has 0 aliphatic carbocycles. The molecule has 5 rings (SSSR count). The third kappa shape index (κ3) is 3.51. The molecule has 0 atom stereocenters. The maximum absolute atomic E-state index is 12.6. The average Bonchev–Trinajstić information content (AvgIpc) is 3.30. The molecule has 0 unspecified atom stereocenters. The molecule has 3 heterocycles. The number of carbonyl (C=O) groups is 1. The van der Waals surface area contributed by atoms with Gasteiger partial charge in [-0.2, -0.15) is 5.10 Å². The van der Waals surface area contributed by atoms with Crippen LogP contribution in [0.5, 0.6) is 0 Å². The van der Waals surface area contributed by atoms with Crippen molar-refractivity contribution < 1.29 is 4.79 Å². The number of aromatic nitrogens is 3. The highest BCUT2D eigenvalue weighted by molar-refractivity contribution is 6.36. The number of nitrogens with one attached hydrogen (secondary N) is 1. The minimum Gasteiger partial charge on any atom is -0.321 e. The van der Waals surface area contributed by atoms with Crippen LogP contribution in [0.2, 0.25) is 5.02 Å². The van der Waals surface area contributed by atoms with Gasteiger partial charge in [-0.15, -0.1) is 0 Å². The van der Waals surface area contributed by atoms with E-state index in [0.29, 0.717) is 17.1 Å². The zero-order valence-electron chi connectivity index (χ0n) is 15.9. The van der Waals surface area contributed by atoms with Crippen molar-refractivity contribution in [3.63, 3.8) is 0 Å². The molecule has 1 N–H and O–H groups in total. The van der Waals surface area contributed by atoms with Gasteiger partial charge in [0, 0.05) is 51.6 Å². The zero-order valence-corrected chi connectivity index (χ0v) is 16.7. The van der Waals surface area contributed by atoms with Crippen LogP contribution in [-0.4, -0.2) is 20.7 Å². The van der Waals surface area contributed by atoms with E-state index < -0.39 is 0 Å². The number of pyridine rings is 1. The SMILES string of the molecule is O=C1Nc2ccc(Cl)cc2/C1=C/c1cn(Cc2ccccc2)nc1-c1cccnc1. The monoisotopic (exact) mass is 412 g/mol. The van der Waals surface area contributed by atoms with Gasteiger partial charge in [-0.25, -0.2) is 0 Å². The molecule has 146 valence electrons. The second-order valence-corrected chi connectivity index (χ2v) is 7.50. The smallest absolute Gasteiger partial charge is 0.256 e. The number of hydrogen-bond acceptors (Lipinski definition) is 3. The summed E-state index contributed by atoms with van der Waals surface area (Å²) in [6.45, 7) is 0.631. The van der Waals surface area contributed by atoms with Gasteiger partial charge < -0.3 is 5.32 Å². The predicted octanol–water partition coefficient (Wildman–Crippen LogP) is 5.14. The van der Waals surface area contributed by atoms with Crippen LogP contribution in [0.3, 0.4) is 0 Å². The number of amides is 1. The summed E-state index contributed by atoms with van der Waals surface area (Å²) in [5.41, 5.74) is 5.77. The molecular formula is C24H17ClN4O. The highest BCUT2D eigenvalue weighted by atomic mass is 35.5. The van der Waals surface area contributed by atoms with Crippen LogP contribution in [0.4, 0.5) is 5.69 Å². The molecule has 6 heteroatoms. The van der Waals surface area contributed by atoms with E-state index in [4.69, 9.17) is 16.7 Å². The van der Waals surface area contributed by atoms with E-state index in [1.165, 1.54) is 0 Å². The summed E-state index contributed by atoms with van der Waals surface area (Å²) in [4.78, 5) is 16.9. The number of rotatable bonds is 4. The van der Waals surface area contributed by atoms with Gasteiger partial charge in [-0.3, -0.25) is 14.5 Å². The molecule has 0 spiro atoms. The number of hydrogen-bond donors (Lipinski definition) is 1. The van der Waals surface area contributed by atoms with Crippen molar-refractivity contribution >= 4 is 34.8 Å². The molecule has 0 fully saturated rings. The number of anilines is 1. The van der Waals surface area contributed by atoms with Crippen molar-refractivity contribution in [3.05, 3.63) is 101 Å². The Morgan fingerprint density at radius 3 is 2.73 bits per heavy atom. The van der Waals surface area contributed by atoms with Crippen molar-refractivity contribution in [1.82, 2.24) is 14.8 Å². The maximum atomic E-state index is 12.6. The van der Waals surface area contributed by atoms with Crippen LogP contribution in [0.15, 0.2) is 79.3 Å². The van der Waals surface area contributed by atoms with Gasteiger partial charge in [0.05, 0.1) is 6.54 Å². The van der Waals surface area contributed by atoms with Gasteiger partial charge in [0.15, 0.2) is 0 Å². The predicted molar refractivity (Wildman–Crippen MR) is 119 cm³/mol. The van der Waals surface area contributed by atoms with E-state index >= 15 is 0 Å². The lowest BCUT2D eigenvalue weighted by molar-refractivity contribution is -0.110. The molecule has 1 aliphatic rings. The van der Waals surface area contributed by atoms with E-state index in [1.54, 1.807) is 24.5 Å². The van der Waals surface area contributed by atoms with Crippen LogP contribution in [-0.2, 0) is 11.3 Å². The highest BCUT2D eigenvalue weighted by Crippen LogP contribution is 2.36. The van der Waals surface area contributed by atoms with Crippen molar-refractivity contribution in [2.45, 2.75) is 6.54 Å². The van der Waals surface area contributed by atoms with E-state index in [-0.39, 0.29) is 5.91 Å². The molecule has 4 aromatic rings. The maximum Gasteiger partial charge on any atom is 0.256 e. The molecular weight excluding hydrogens is 396 g/mol. The van der Waals surface area contributed by atoms with E-state index in [1.807, 2.05) is 53.4 Å². The standard InChI is InChI=1S/C24H17ClN4O/c25-19-8-9-22-20(12-19)21(24(30)27-22)11-18-15-29(14-16-5-2-1-3-6-16)28-23(18)17-7-4-10-26-13-17/h1-13,15H,14H2,(H,27,30)/b21-11-. The van der Waals surface area contributed by atoms with Crippen LogP contribution >= 0.6 is 11.6 Å². The molecule has 5 nitrogen and oxygen atoms in total. The summed E-state index contributed by atoms with van der Waals surface area (Å²) in [5.74, 6) is -0.153. The molecule has 1 aliphatic heterocycles. The Kier molecular flexibility index (Phi) is 4.65. The van der Waals surface area contributed by atoms with Crippen molar-refractivity contribution in [2.24, 2.45) is 0 Å². The number of benzene rings is 2. The third-order valence-corrected chi connectivity index (χ3v) is 5.21. The van der Waals surface area contributed by atoms with Crippen molar-refractivity contribution in [2.75, 3.05) is 5.32 Å². The topological polar surface area (TPSA) is 59.8 Å². The first kappa shape index (κ1) is 18.3. The second-order valence-electron chi connectivity index (χ2n) is 7.06. The minimum absolute atomic E-state index is 0.153. The van der Waals surface area contributed by atoms with E-state index in [0.717, 1.165) is 33.6 Å². The number of nitrogens with zero attached hydrogens (tertiary/aromatic N) is 3. The largest absolute Gasteiger partial charge is 0.321 e. The Balaban J connectivity index is 1.62. The molecule has 0 saturated heterocycles. The van der Waals surface area contributed by atoms with Crippen LogP contribution in [0, 0.1) is 0 Å². The summed E-state index contributed by atoms with van der Waals surface area (Å²) in [7, 11) is 0. The lowest BCUT2D eigenvalue weighted by Crippen LogP contribution is -2.03. The summed E-state index contributed by atoms with van der Waals surface area (Å²) in [6, 6.07) is 19.4. The van der Waals surface area contributed by atoms with Gasteiger partial charge in [0.25, 0.3) is 5.91 Å². The molecule has 0 bridgehead atoms. The molecule has 0 saturated carbocycles. The van der Waals surface area contributed by atoms with Crippen LogP contribution in [0.1, 0.15) is 16.7 Å². The summed E-state index contributed by atoms with van der Waals surface area (Å²) in [6.07, 6.45) is 7.33. The molecule has 2 aromatic heterocycles. The van der Waals surface area contributed by atoms with Crippen LogP contribution < -0.4 is 5.32 Å². The Morgan fingerprint density at radius 2 is 1.93 bits per heavy atom. The fraction of sp³-hybridized carbons (Fsp3) is 0.0417. The Bertz CT molecular complexity index is 1260. The first-order valence-electron chi connectivity index (χ1n) is 9.52. The third-order valence-electron chi connectivity index (χ3n) is 4.98. The fourth-order valence-corrected chi connectivity index (χ4v) is 3.75. The normalized spacial score (nSPS) is 14.0. The van der Waals surface area contributed by atoms with Crippen molar-refractivity contribution in [3.8, 4) is 11.3 Å². The van der Waals surface area contributed by atoms with Gasteiger partial charge >= 0.3 is 0 Å². The molecule has 2 aromatic carbocycles. The lowest BCUT2D eigenvalue weighted by atomic mass is 10.0. The summed E-state index contributed by atoms with van der Waals surface area (Å²) < 4.78 is 1.88.